The largest absolute Gasteiger partial charge is 0.508 e. The van der Waals surface area contributed by atoms with Gasteiger partial charge in [0.1, 0.15) is 17.6 Å². The molecule has 2 atom stereocenters. The lowest BCUT2D eigenvalue weighted by molar-refractivity contribution is 0.0919. The van der Waals surface area contributed by atoms with E-state index >= 15 is 0 Å². The van der Waals surface area contributed by atoms with Crippen LogP contribution in [0.4, 0.5) is 0 Å². The van der Waals surface area contributed by atoms with Crippen molar-refractivity contribution in [3.63, 3.8) is 0 Å². The molecule has 0 spiro atoms. The van der Waals surface area contributed by atoms with Gasteiger partial charge < -0.3 is 24.9 Å². The molecule has 0 saturated carbocycles. The van der Waals surface area contributed by atoms with Crippen LogP contribution in [0.25, 0.3) is 17.0 Å². The Kier molecular flexibility index (Phi) is 4.81. The molecule has 0 bridgehead atoms. The van der Waals surface area contributed by atoms with Crippen LogP contribution in [0.15, 0.2) is 36.4 Å². The molecule has 2 heterocycles. The predicted octanol–water partition coefficient (Wildman–Crippen LogP) is 3.52. The highest BCUT2D eigenvalue weighted by Crippen LogP contribution is 2.30. The van der Waals surface area contributed by atoms with Crippen molar-refractivity contribution in [2.75, 3.05) is 13.7 Å². The van der Waals surface area contributed by atoms with Crippen molar-refractivity contribution in [2.45, 2.75) is 32.4 Å². The van der Waals surface area contributed by atoms with Gasteiger partial charge in [0.25, 0.3) is 0 Å². The average molecular weight is 328 g/mol. The van der Waals surface area contributed by atoms with Gasteiger partial charge in [-0.05, 0) is 44.5 Å². The van der Waals surface area contributed by atoms with Crippen LogP contribution in [-0.2, 0) is 4.74 Å². The summed E-state index contributed by atoms with van der Waals surface area (Å²) in [5.41, 5.74) is 3.99. The quantitative estimate of drug-likeness (QED) is 0.759. The molecule has 1 aromatic heterocycles. The molecule has 5 heteroatoms. The first-order valence-electron chi connectivity index (χ1n) is 8.21. The Balaban J connectivity index is 1.82. The molecule has 128 valence electrons. The minimum atomic E-state index is -0.0850. The number of phenolic OH excluding ortho intramolecular Hbond substituents is 1. The molecule has 1 aliphatic heterocycles. The third-order valence-corrected chi connectivity index (χ3v) is 3.99. The maximum Gasteiger partial charge on any atom is 0.124 e. The number of ether oxygens (including phenoxy) is 2. The maximum absolute atomic E-state index is 10.0. The molecule has 0 aliphatic carbocycles. The Morgan fingerprint density at radius 2 is 2.04 bits per heavy atom. The normalized spacial score (nSPS) is 18.1. The number of phenols is 1. The number of nitrogens with one attached hydrogen (secondary N) is 2. The molecular formula is C19H24N2O3. The molecule has 24 heavy (non-hydrogen) atoms. The zero-order valence-electron chi connectivity index (χ0n) is 14.3. The van der Waals surface area contributed by atoms with Gasteiger partial charge in [-0.3, -0.25) is 0 Å². The molecule has 2 aromatic rings. The average Bonchev–Trinajstić information content (AvgIpc) is 3.15. The third kappa shape index (κ3) is 3.74. The highest BCUT2D eigenvalue weighted by atomic mass is 16.5. The summed E-state index contributed by atoms with van der Waals surface area (Å²) in [7, 11) is 1.64. The highest BCUT2D eigenvalue weighted by molar-refractivity contribution is 5.70. The number of hydrogen-bond acceptors (Lipinski definition) is 4. The van der Waals surface area contributed by atoms with Crippen LogP contribution in [-0.4, -0.2) is 36.0 Å². The second kappa shape index (κ2) is 7.01. The second-order valence-electron chi connectivity index (χ2n) is 6.28. The summed E-state index contributed by atoms with van der Waals surface area (Å²) in [5.74, 6) is 0.799. The number of aromatic nitrogens is 1. The van der Waals surface area contributed by atoms with Gasteiger partial charge in [0.05, 0.1) is 18.0 Å². The maximum atomic E-state index is 10.0. The molecule has 0 amide bonds. The van der Waals surface area contributed by atoms with Gasteiger partial charge in [-0.15, -0.1) is 0 Å². The van der Waals surface area contributed by atoms with Gasteiger partial charge in [-0.1, -0.05) is 6.08 Å². The second-order valence-corrected chi connectivity index (χ2v) is 6.28. The van der Waals surface area contributed by atoms with Crippen LogP contribution in [0.3, 0.4) is 0 Å². The zero-order valence-corrected chi connectivity index (χ0v) is 14.3. The van der Waals surface area contributed by atoms with E-state index in [9.17, 15) is 5.11 Å². The summed E-state index contributed by atoms with van der Waals surface area (Å²) in [6.45, 7) is 4.59. The molecular weight excluding hydrogens is 304 g/mol. The molecule has 0 unspecified atom stereocenters. The topological polar surface area (TPSA) is 66.5 Å². The number of methoxy groups -OCH3 is 1. The Bertz CT molecular complexity index is 736. The summed E-state index contributed by atoms with van der Waals surface area (Å²) < 4.78 is 10.9. The van der Waals surface area contributed by atoms with Crippen LogP contribution in [0.1, 0.15) is 26.0 Å². The minimum Gasteiger partial charge on any atom is -0.508 e. The van der Waals surface area contributed by atoms with Crippen LogP contribution in [0.2, 0.25) is 0 Å². The number of rotatable bonds is 6. The molecule has 3 N–H and O–H groups in total. The van der Waals surface area contributed by atoms with Crippen LogP contribution < -0.4 is 10.1 Å². The van der Waals surface area contributed by atoms with Gasteiger partial charge in [0.15, 0.2) is 0 Å². The van der Waals surface area contributed by atoms with E-state index < -0.39 is 0 Å². The molecule has 0 saturated heterocycles. The van der Waals surface area contributed by atoms with Crippen molar-refractivity contribution >= 4 is 5.70 Å². The van der Waals surface area contributed by atoms with Crippen molar-refractivity contribution in [3.05, 3.63) is 42.1 Å². The van der Waals surface area contributed by atoms with Crippen molar-refractivity contribution in [1.29, 1.82) is 0 Å². The Morgan fingerprint density at radius 3 is 2.75 bits per heavy atom. The lowest BCUT2D eigenvalue weighted by Gasteiger charge is -2.14. The first-order chi connectivity index (χ1) is 11.5. The summed E-state index contributed by atoms with van der Waals surface area (Å²) in [4.78, 5) is 3.40. The number of hydrogen-bond donors (Lipinski definition) is 3. The van der Waals surface area contributed by atoms with Gasteiger partial charge in [-0.2, -0.15) is 0 Å². The van der Waals surface area contributed by atoms with Gasteiger partial charge in [0, 0.05) is 30.5 Å². The van der Waals surface area contributed by atoms with Gasteiger partial charge >= 0.3 is 0 Å². The first kappa shape index (κ1) is 16.5. The van der Waals surface area contributed by atoms with Gasteiger partial charge in [-0.25, -0.2) is 0 Å². The van der Waals surface area contributed by atoms with Gasteiger partial charge in [0.2, 0.25) is 0 Å². The van der Waals surface area contributed by atoms with E-state index in [1.54, 1.807) is 19.2 Å². The lowest BCUT2D eigenvalue weighted by Crippen LogP contribution is -2.17. The van der Waals surface area contributed by atoms with E-state index in [0.717, 1.165) is 29.1 Å². The smallest absolute Gasteiger partial charge is 0.124 e. The standard InChI is InChI=1S/C19H24N2O3/c1-12-4-5-18(20-12)19-7-6-17(21-19)14-8-15(22)10-16(9-14)24-13(2)11-23-3/h5-10,12-13,20-22H,4,11H2,1-3H3/t12-,13-/m0/s1. The summed E-state index contributed by atoms with van der Waals surface area (Å²) in [6.07, 6.45) is 3.15. The monoisotopic (exact) mass is 328 g/mol. The van der Waals surface area contributed by atoms with Crippen molar-refractivity contribution in [2.24, 2.45) is 0 Å². The number of benzene rings is 1. The Labute approximate surface area is 142 Å². The highest BCUT2D eigenvalue weighted by Gasteiger charge is 2.15. The van der Waals surface area contributed by atoms with E-state index in [2.05, 4.69) is 23.3 Å². The fourth-order valence-corrected chi connectivity index (χ4v) is 2.89. The Hall–Kier alpha value is -2.40. The van der Waals surface area contributed by atoms with Crippen LogP contribution >= 0.6 is 0 Å². The number of aromatic hydroxyl groups is 1. The van der Waals surface area contributed by atoms with Crippen molar-refractivity contribution in [1.82, 2.24) is 10.3 Å². The minimum absolute atomic E-state index is 0.0850. The van der Waals surface area contributed by atoms with Crippen LogP contribution in [0.5, 0.6) is 11.5 Å². The van der Waals surface area contributed by atoms with E-state index in [1.807, 2.05) is 25.1 Å². The number of aromatic amines is 1. The molecule has 0 fully saturated rings. The predicted molar refractivity (Wildman–Crippen MR) is 95.1 cm³/mol. The van der Waals surface area contributed by atoms with Crippen molar-refractivity contribution in [3.8, 4) is 22.8 Å². The molecule has 5 nitrogen and oxygen atoms in total. The first-order valence-corrected chi connectivity index (χ1v) is 8.21. The fraction of sp³-hybridized carbons (Fsp3) is 0.368. The fourth-order valence-electron chi connectivity index (χ4n) is 2.89. The van der Waals surface area contributed by atoms with E-state index in [1.165, 1.54) is 0 Å². The summed E-state index contributed by atoms with van der Waals surface area (Å²) in [6, 6.07) is 9.78. The molecule has 1 aromatic carbocycles. The van der Waals surface area contributed by atoms with Crippen LogP contribution in [0, 0.1) is 0 Å². The lowest BCUT2D eigenvalue weighted by atomic mass is 10.1. The van der Waals surface area contributed by atoms with E-state index in [0.29, 0.717) is 18.4 Å². The van der Waals surface area contributed by atoms with E-state index in [-0.39, 0.29) is 11.9 Å². The molecule has 1 aliphatic rings. The molecule has 0 radical (unpaired) electrons. The summed E-state index contributed by atoms with van der Waals surface area (Å²) >= 11 is 0. The number of H-pyrrole nitrogens is 1. The van der Waals surface area contributed by atoms with Crippen molar-refractivity contribution < 1.29 is 14.6 Å². The SMILES string of the molecule is COC[C@H](C)Oc1cc(O)cc(-c2ccc(C3=CC[C@H](C)N3)[nH]2)c1. The third-order valence-electron chi connectivity index (χ3n) is 3.99. The van der Waals surface area contributed by atoms with E-state index in [4.69, 9.17) is 9.47 Å². The molecule has 3 rings (SSSR count). The zero-order chi connectivity index (χ0) is 17.1. The summed E-state index contributed by atoms with van der Waals surface area (Å²) in [5, 5.41) is 13.4. The Morgan fingerprint density at radius 1 is 1.25 bits per heavy atom.